The van der Waals surface area contributed by atoms with E-state index in [0.29, 0.717) is 4.54 Å². The lowest BCUT2D eigenvalue weighted by Gasteiger charge is -1.95. The van der Waals surface area contributed by atoms with E-state index in [1.165, 1.54) is 14.0 Å². The summed E-state index contributed by atoms with van der Waals surface area (Å²) in [5, 5.41) is 12.6. The number of nitrogens with one attached hydrogen (secondary N) is 1. The highest BCUT2D eigenvalue weighted by Gasteiger charge is 2.21. The van der Waals surface area contributed by atoms with E-state index >= 15 is 0 Å². The van der Waals surface area contributed by atoms with Crippen molar-refractivity contribution < 1.29 is 14.2 Å². The Hall–Kier alpha value is -1.92. The van der Waals surface area contributed by atoms with Gasteiger partial charge in [-0.3, -0.25) is 10.1 Å². The summed E-state index contributed by atoms with van der Waals surface area (Å²) in [6.45, 7) is 1.45. The summed E-state index contributed by atoms with van der Waals surface area (Å²) < 4.78 is 5.02. The van der Waals surface area contributed by atoms with Crippen molar-refractivity contribution in [3.63, 3.8) is 0 Å². The molecule has 0 amide bonds. The SMILES string of the molecule is COc1[nH][n+](=O)c(C)cc1[N+](=O)[O-]. The van der Waals surface area contributed by atoms with Crippen LogP contribution in [0.5, 0.6) is 5.88 Å². The minimum atomic E-state index is -0.623. The van der Waals surface area contributed by atoms with Crippen LogP contribution in [0, 0.1) is 21.9 Å². The van der Waals surface area contributed by atoms with E-state index in [-0.39, 0.29) is 17.3 Å². The van der Waals surface area contributed by atoms with Crippen LogP contribution in [-0.4, -0.2) is 17.1 Å². The molecule has 13 heavy (non-hydrogen) atoms. The predicted molar refractivity (Wildman–Crippen MR) is 42.1 cm³/mol. The first-order valence-corrected chi connectivity index (χ1v) is 3.41. The minimum Gasteiger partial charge on any atom is -0.474 e. The number of aromatic amines is 1. The first kappa shape index (κ1) is 9.17. The molecule has 1 rings (SSSR count). The third kappa shape index (κ3) is 1.63. The molecule has 0 aliphatic rings. The summed E-state index contributed by atoms with van der Waals surface area (Å²) in [7, 11) is 1.24. The lowest BCUT2D eigenvalue weighted by Crippen LogP contribution is -2.24. The lowest BCUT2D eigenvalue weighted by atomic mass is 10.4. The number of aromatic nitrogens is 2. The molecular weight excluding hydrogens is 178 g/mol. The molecule has 7 heteroatoms. The average Bonchev–Trinajstić information content (AvgIpc) is 2.08. The van der Waals surface area contributed by atoms with E-state index in [0.717, 1.165) is 6.07 Å². The van der Waals surface area contributed by atoms with Crippen molar-refractivity contribution >= 4 is 5.69 Å². The van der Waals surface area contributed by atoms with E-state index in [1.54, 1.807) is 0 Å². The molecule has 1 heterocycles. The second-order valence-corrected chi connectivity index (χ2v) is 2.37. The fourth-order valence-corrected chi connectivity index (χ4v) is 0.846. The van der Waals surface area contributed by atoms with Gasteiger partial charge in [0.2, 0.25) is 0 Å². The van der Waals surface area contributed by atoms with Crippen molar-refractivity contribution in [1.29, 1.82) is 0 Å². The van der Waals surface area contributed by atoms with Crippen molar-refractivity contribution in [2.24, 2.45) is 0 Å². The summed E-state index contributed by atoms with van der Waals surface area (Å²) in [5.41, 5.74) is -0.0559. The fraction of sp³-hybridized carbons (Fsp3) is 0.333. The fourth-order valence-electron chi connectivity index (χ4n) is 0.846. The summed E-state index contributed by atoms with van der Waals surface area (Å²) in [6.07, 6.45) is 0. The lowest BCUT2D eigenvalue weighted by molar-refractivity contribution is -0.573. The van der Waals surface area contributed by atoms with E-state index in [2.05, 4.69) is 9.84 Å². The van der Waals surface area contributed by atoms with Gasteiger partial charge in [0, 0.05) is 6.92 Å². The zero-order valence-electron chi connectivity index (χ0n) is 7.10. The molecule has 0 saturated heterocycles. The molecule has 0 bridgehead atoms. The van der Waals surface area contributed by atoms with Crippen molar-refractivity contribution in [2.75, 3.05) is 7.11 Å². The molecule has 0 radical (unpaired) electrons. The molecule has 1 aromatic rings. The van der Waals surface area contributed by atoms with Crippen LogP contribution < -0.4 is 9.28 Å². The number of hydrogen-bond acceptors (Lipinski definition) is 4. The van der Waals surface area contributed by atoms with Gasteiger partial charge in [-0.05, 0) is 0 Å². The zero-order valence-corrected chi connectivity index (χ0v) is 7.10. The van der Waals surface area contributed by atoms with E-state index in [1.807, 2.05) is 0 Å². The van der Waals surface area contributed by atoms with Gasteiger partial charge in [0.15, 0.2) is 4.54 Å². The maximum absolute atomic E-state index is 10.9. The Bertz CT molecular complexity index is 397. The third-order valence-electron chi connectivity index (χ3n) is 1.50. The Kier molecular flexibility index (Phi) is 2.27. The smallest absolute Gasteiger partial charge is 0.340 e. The van der Waals surface area contributed by atoms with Gasteiger partial charge in [-0.15, -0.1) is 0 Å². The van der Waals surface area contributed by atoms with Gasteiger partial charge in [0.1, 0.15) is 0 Å². The quantitative estimate of drug-likeness (QED) is 0.404. The Morgan fingerprint density at radius 2 is 2.31 bits per heavy atom. The van der Waals surface area contributed by atoms with Gasteiger partial charge in [0.25, 0.3) is 5.69 Å². The Balaban J connectivity index is 3.42. The molecule has 0 unspecified atom stereocenters. The predicted octanol–water partition coefficient (Wildman–Crippen LogP) is 0.154. The monoisotopic (exact) mass is 186 g/mol. The third-order valence-corrected chi connectivity index (χ3v) is 1.50. The standard InChI is InChI=1S/C6H8N3O4/c1-4-3-5(9(11)12)6(13-2)7-8(4)10/h3H,1-2H3,(H,7,10)/q+1. The molecular formula is C6H8N3O4+. The van der Waals surface area contributed by atoms with Crippen LogP contribution in [0.3, 0.4) is 0 Å². The molecule has 0 fully saturated rings. The topological polar surface area (TPSA) is 91.1 Å². The minimum absolute atomic E-state index is 0.161. The summed E-state index contributed by atoms with van der Waals surface area (Å²) in [5.74, 6) is -0.161. The van der Waals surface area contributed by atoms with Gasteiger partial charge in [-0.25, -0.2) is 0 Å². The highest BCUT2D eigenvalue weighted by molar-refractivity contribution is 5.38. The molecule has 70 valence electrons. The highest BCUT2D eigenvalue weighted by atomic mass is 16.6. The second kappa shape index (κ2) is 3.21. The molecule has 0 aliphatic heterocycles. The molecule has 1 N–H and O–H groups in total. The number of aryl methyl sites for hydroxylation is 1. The van der Waals surface area contributed by atoms with Crippen LogP contribution in [0.2, 0.25) is 0 Å². The van der Waals surface area contributed by atoms with Gasteiger partial charge in [0.05, 0.1) is 23.0 Å². The normalized spacial score (nSPS) is 9.69. The number of hydrogen-bond donors (Lipinski definition) is 1. The van der Waals surface area contributed by atoms with Crippen molar-refractivity contribution in [1.82, 2.24) is 5.10 Å². The molecule has 0 saturated carbocycles. The van der Waals surface area contributed by atoms with Gasteiger partial charge in [-0.2, -0.15) is 0 Å². The van der Waals surface area contributed by atoms with Crippen molar-refractivity contribution in [3.8, 4) is 5.88 Å². The summed E-state index contributed by atoms with van der Waals surface area (Å²) in [4.78, 5) is 20.7. The zero-order chi connectivity index (χ0) is 10.0. The van der Waals surface area contributed by atoms with Gasteiger partial charge >= 0.3 is 11.6 Å². The Labute approximate surface area is 72.7 Å². The maximum Gasteiger partial charge on any atom is 0.340 e. The van der Waals surface area contributed by atoms with Crippen LogP contribution in [0.4, 0.5) is 5.69 Å². The Morgan fingerprint density at radius 3 is 2.77 bits per heavy atom. The first-order valence-electron chi connectivity index (χ1n) is 3.41. The number of H-pyrrole nitrogens is 1. The van der Waals surface area contributed by atoms with Crippen LogP contribution in [-0.2, 0) is 0 Å². The van der Waals surface area contributed by atoms with E-state index in [4.69, 9.17) is 0 Å². The largest absolute Gasteiger partial charge is 0.474 e. The summed E-state index contributed by atoms with van der Waals surface area (Å²) >= 11 is 0. The van der Waals surface area contributed by atoms with Crippen LogP contribution in [0.1, 0.15) is 5.69 Å². The Morgan fingerprint density at radius 1 is 1.69 bits per heavy atom. The number of rotatable bonds is 2. The molecule has 7 nitrogen and oxygen atoms in total. The maximum atomic E-state index is 10.9. The van der Waals surface area contributed by atoms with Crippen LogP contribution in [0.15, 0.2) is 6.07 Å². The number of methoxy groups -OCH3 is 1. The average molecular weight is 186 g/mol. The van der Waals surface area contributed by atoms with Crippen molar-refractivity contribution in [3.05, 3.63) is 26.8 Å². The molecule has 0 aliphatic carbocycles. The number of nitro groups is 1. The van der Waals surface area contributed by atoms with Crippen LogP contribution >= 0.6 is 0 Å². The van der Waals surface area contributed by atoms with Gasteiger partial charge < -0.3 is 4.74 Å². The molecule has 0 atom stereocenters. The molecule has 0 spiro atoms. The molecule has 1 aromatic heterocycles. The van der Waals surface area contributed by atoms with Crippen LogP contribution in [0.25, 0.3) is 0 Å². The van der Waals surface area contributed by atoms with E-state index in [9.17, 15) is 15.0 Å². The summed E-state index contributed by atoms with van der Waals surface area (Å²) in [6, 6.07) is 1.14. The molecule has 0 aromatic carbocycles. The van der Waals surface area contributed by atoms with E-state index < -0.39 is 4.92 Å². The number of ether oxygens (including phenoxy) is 1. The first-order chi connectivity index (χ1) is 6.06. The highest BCUT2D eigenvalue weighted by Crippen LogP contribution is 2.21. The second-order valence-electron chi connectivity index (χ2n) is 2.37. The van der Waals surface area contributed by atoms with Crippen molar-refractivity contribution in [2.45, 2.75) is 6.92 Å². The van der Waals surface area contributed by atoms with Gasteiger partial charge in [-0.1, -0.05) is 5.10 Å². The number of nitrogens with zero attached hydrogens (tertiary/aromatic N) is 2.